The molecule has 0 saturated heterocycles. The molecular formula is C19H22N2O4. The van der Waals surface area contributed by atoms with Crippen LogP contribution in [0.3, 0.4) is 0 Å². The molecule has 25 heavy (non-hydrogen) atoms. The molecule has 0 aromatic heterocycles. The first-order valence-corrected chi connectivity index (χ1v) is 7.86. The van der Waals surface area contributed by atoms with Crippen LogP contribution >= 0.6 is 0 Å². The molecule has 6 heteroatoms. The van der Waals surface area contributed by atoms with Gasteiger partial charge in [-0.05, 0) is 5.56 Å². The lowest BCUT2D eigenvalue weighted by Crippen LogP contribution is -2.29. The highest BCUT2D eigenvalue weighted by Crippen LogP contribution is 2.26. The van der Waals surface area contributed by atoms with Gasteiger partial charge in [-0.2, -0.15) is 0 Å². The predicted octanol–water partition coefficient (Wildman–Crippen LogP) is 2.91. The van der Waals surface area contributed by atoms with Gasteiger partial charge in [-0.15, -0.1) is 0 Å². The zero-order chi connectivity index (χ0) is 18.2. The molecule has 0 heterocycles. The molecule has 0 spiro atoms. The lowest BCUT2D eigenvalue weighted by molar-refractivity contribution is -0.120. The number of ether oxygens (including phenoxy) is 2. The smallest absolute Gasteiger partial charge is 0.226 e. The van der Waals surface area contributed by atoms with Crippen molar-refractivity contribution in [2.75, 3.05) is 19.5 Å². The molecule has 0 bridgehead atoms. The maximum Gasteiger partial charge on any atom is 0.226 e. The second-order valence-electron chi connectivity index (χ2n) is 5.52. The first-order chi connectivity index (χ1) is 12.0. The average Bonchev–Trinajstić information content (AvgIpc) is 2.61. The Morgan fingerprint density at radius 3 is 2.12 bits per heavy atom. The van der Waals surface area contributed by atoms with E-state index in [4.69, 9.17) is 9.47 Å². The fraction of sp³-hybridized carbons (Fsp3) is 0.263. The van der Waals surface area contributed by atoms with Crippen molar-refractivity contribution in [1.29, 1.82) is 0 Å². The molecule has 0 saturated carbocycles. The normalized spacial score (nSPS) is 11.3. The molecule has 1 atom stereocenters. The molecule has 2 N–H and O–H groups in total. The zero-order valence-electron chi connectivity index (χ0n) is 14.5. The lowest BCUT2D eigenvalue weighted by atomic mass is 10.0. The average molecular weight is 342 g/mol. The Morgan fingerprint density at radius 1 is 1.00 bits per heavy atom. The van der Waals surface area contributed by atoms with E-state index in [1.54, 1.807) is 32.4 Å². The summed E-state index contributed by atoms with van der Waals surface area (Å²) < 4.78 is 10.4. The number of benzene rings is 2. The van der Waals surface area contributed by atoms with E-state index < -0.39 is 6.04 Å². The third-order valence-electron chi connectivity index (χ3n) is 3.60. The molecular weight excluding hydrogens is 320 g/mol. The van der Waals surface area contributed by atoms with Crippen molar-refractivity contribution in [3.8, 4) is 11.5 Å². The minimum atomic E-state index is -0.397. The predicted molar refractivity (Wildman–Crippen MR) is 95.8 cm³/mol. The van der Waals surface area contributed by atoms with Gasteiger partial charge < -0.3 is 20.1 Å². The van der Waals surface area contributed by atoms with Crippen LogP contribution < -0.4 is 20.1 Å². The van der Waals surface area contributed by atoms with Crippen molar-refractivity contribution in [1.82, 2.24) is 5.32 Å². The van der Waals surface area contributed by atoms with Gasteiger partial charge in [-0.25, -0.2) is 0 Å². The Balaban J connectivity index is 2.12. The number of methoxy groups -OCH3 is 2. The van der Waals surface area contributed by atoms with E-state index in [2.05, 4.69) is 10.6 Å². The Labute approximate surface area is 147 Å². The van der Waals surface area contributed by atoms with Crippen LogP contribution in [0.2, 0.25) is 0 Å². The molecule has 132 valence electrons. The van der Waals surface area contributed by atoms with Gasteiger partial charge in [0.05, 0.1) is 26.7 Å². The summed E-state index contributed by atoms with van der Waals surface area (Å²) in [5.74, 6) is 0.745. The SMILES string of the molecule is COc1cc(NC(=O)C[C@H](NC(C)=O)c2ccccc2)cc(OC)c1. The number of anilines is 1. The molecule has 2 aromatic rings. The van der Waals surface area contributed by atoms with Gasteiger partial charge >= 0.3 is 0 Å². The van der Waals surface area contributed by atoms with Gasteiger partial charge in [0.15, 0.2) is 0 Å². The fourth-order valence-electron chi connectivity index (χ4n) is 2.46. The summed E-state index contributed by atoms with van der Waals surface area (Å²) in [6.45, 7) is 1.43. The van der Waals surface area contributed by atoms with Crippen LogP contribution in [0.5, 0.6) is 11.5 Å². The van der Waals surface area contributed by atoms with Gasteiger partial charge in [0, 0.05) is 30.8 Å². The van der Waals surface area contributed by atoms with E-state index in [0.29, 0.717) is 17.2 Å². The summed E-state index contributed by atoms with van der Waals surface area (Å²) in [5, 5.41) is 5.62. The second kappa shape index (κ2) is 8.73. The highest BCUT2D eigenvalue weighted by atomic mass is 16.5. The molecule has 0 aliphatic rings. The van der Waals surface area contributed by atoms with E-state index in [1.807, 2.05) is 30.3 Å². The van der Waals surface area contributed by atoms with Crippen molar-refractivity contribution >= 4 is 17.5 Å². The van der Waals surface area contributed by atoms with E-state index in [-0.39, 0.29) is 18.2 Å². The quantitative estimate of drug-likeness (QED) is 0.811. The molecule has 0 aliphatic heterocycles. The fourth-order valence-corrected chi connectivity index (χ4v) is 2.46. The van der Waals surface area contributed by atoms with Crippen molar-refractivity contribution in [2.24, 2.45) is 0 Å². The number of hydrogen-bond donors (Lipinski definition) is 2. The molecule has 6 nitrogen and oxygen atoms in total. The number of hydrogen-bond acceptors (Lipinski definition) is 4. The molecule has 0 unspecified atom stereocenters. The van der Waals surface area contributed by atoms with Gasteiger partial charge in [0.2, 0.25) is 11.8 Å². The number of nitrogens with one attached hydrogen (secondary N) is 2. The number of carbonyl (C=O) groups is 2. The highest BCUT2D eigenvalue weighted by molar-refractivity contribution is 5.92. The summed E-state index contributed by atoms with van der Waals surface area (Å²) in [4.78, 5) is 23.9. The zero-order valence-corrected chi connectivity index (χ0v) is 14.5. The van der Waals surface area contributed by atoms with Crippen LogP contribution in [0.1, 0.15) is 24.9 Å². The van der Waals surface area contributed by atoms with Gasteiger partial charge in [-0.3, -0.25) is 9.59 Å². The molecule has 0 fully saturated rings. The first kappa shape index (κ1) is 18.3. The molecule has 0 radical (unpaired) electrons. The van der Waals surface area contributed by atoms with Gasteiger partial charge in [0.1, 0.15) is 11.5 Å². The van der Waals surface area contributed by atoms with Crippen molar-refractivity contribution in [3.63, 3.8) is 0 Å². The van der Waals surface area contributed by atoms with Crippen LogP contribution in [-0.2, 0) is 9.59 Å². The summed E-state index contributed by atoms with van der Waals surface area (Å²) in [6.07, 6.45) is 0.114. The van der Waals surface area contributed by atoms with Crippen LogP contribution in [0.4, 0.5) is 5.69 Å². The minimum Gasteiger partial charge on any atom is -0.497 e. The number of amides is 2. The summed E-state index contributed by atoms with van der Waals surface area (Å²) in [7, 11) is 3.09. The summed E-state index contributed by atoms with van der Waals surface area (Å²) in [5.41, 5.74) is 1.44. The monoisotopic (exact) mass is 342 g/mol. The van der Waals surface area contributed by atoms with Crippen LogP contribution in [-0.4, -0.2) is 26.0 Å². The second-order valence-corrected chi connectivity index (χ2v) is 5.52. The maximum absolute atomic E-state index is 12.4. The number of rotatable bonds is 7. The van der Waals surface area contributed by atoms with Crippen molar-refractivity contribution in [3.05, 3.63) is 54.1 Å². The third-order valence-corrected chi connectivity index (χ3v) is 3.60. The van der Waals surface area contributed by atoms with Gasteiger partial charge in [0.25, 0.3) is 0 Å². The maximum atomic E-state index is 12.4. The Hall–Kier alpha value is -3.02. The summed E-state index contributed by atoms with van der Waals surface area (Å²) in [6, 6.07) is 14.1. The first-order valence-electron chi connectivity index (χ1n) is 7.86. The Bertz CT molecular complexity index is 709. The van der Waals surface area contributed by atoms with E-state index in [9.17, 15) is 9.59 Å². The minimum absolute atomic E-state index is 0.114. The van der Waals surface area contributed by atoms with Crippen LogP contribution in [0.25, 0.3) is 0 Å². The molecule has 0 aliphatic carbocycles. The molecule has 2 amide bonds. The molecule has 2 aromatic carbocycles. The van der Waals surface area contributed by atoms with Gasteiger partial charge in [-0.1, -0.05) is 30.3 Å². The van der Waals surface area contributed by atoms with E-state index >= 15 is 0 Å². The molecule has 2 rings (SSSR count). The lowest BCUT2D eigenvalue weighted by Gasteiger charge is -2.18. The highest BCUT2D eigenvalue weighted by Gasteiger charge is 2.17. The van der Waals surface area contributed by atoms with E-state index in [1.165, 1.54) is 6.92 Å². The number of carbonyl (C=O) groups excluding carboxylic acids is 2. The van der Waals surface area contributed by atoms with Crippen molar-refractivity contribution in [2.45, 2.75) is 19.4 Å². The van der Waals surface area contributed by atoms with E-state index in [0.717, 1.165) is 5.56 Å². The third kappa shape index (κ3) is 5.53. The van der Waals surface area contributed by atoms with Crippen molar-refractivity contribution < 1.29 is 19.1 Å². The largest absolute Gasteiger partial charge is 0.497 e. The Morgan fingerprint density at radius 2 is 1.60 bits per heavy atom. The Kier molecular flexibility index (Phi) is 6.39. The van der Waals surface area contributed by atoms with Crippen LogP contribution in [0, 0.1) is 0 Å². The summed E-state index contributed by atoms with van der Waals surface area (Å²) >= 11 is 0. The standard InChI is InChI=1S/C19H22N2O4/c1-13(22)20-18(14-7-5-4-6-8-14)12-19(23)21-15-9-16(24-2)11-17(10-15)25-3/h4-11,18H,12H2,1-3H3,(H,20,22)(H,21,23)/t18-/m0/s1. The van der Waals surface area contributed by atoms with Crippen LogP contribution in [0.15, 0.2) is 48.5 Å². The topological polar surface area (TPSA) is 76.7 Å².